The number of carboxylic acid groups (broad SMARTS) is 3. The Morgan fingerprint density at radius 2 is 1.93 bits per heavy atom. The second-order valence-corrected chi connectivity index (χ2v) is 2.84. The lowest BCUT2D eigenvalue weighted by atomic mass is 9.86. The molecule has 0 aromatic carbocycles. The van der Waals surface area contributed by atoms with Gasteiger partial charge in [0.05, 0.1) is 12.3 Å². The molecule has 0 amide bonds. The van der Waals surface area contributed by atoms with Crippen LogP contribution in [0.5, 0.6) is 0 Å². The Kier molecular flexibility index (Phi) is 3.03. The van der Waals surface area contributed by atoms with Gasteiger partial charge in [-0.15, -0.1) is 0 Å². The maximum atomic E-state index is 10.9. The van der Waals surface area contributed by atoms with E-state index in [-0.39, 0.29) is 0 Å². The zero-order chi connectivity index (χ0) is 12.2. The summed E-state index contributed by atoms with van der Waals surface area (Å²) in [4.78, 5) is 31.8. The molecule has 0 aliphatic carbocycles. The van der Waals surface area contributed by atoms with Crippen LogP contribution in [0.25, 0.3) is 1.43 Å². The first kappa shape index (κ1) is 10.5. The molecule has 0 radical (unpaired) electrons. The molecule has 0 saturated carbocycles. The van der Waals surface area contributed by atoms with Gasteiger partial charge >= 0.3 is 17.9 Å². The van der Waals surface area contributed by atoms with Crippen LogP contribution in [0.1, 0.15) is 13.3 Å². The fraction of sp³-hybridized carbons (Fsp3) is 0.571. The van der Waals surface area contributed by atoms with Gasteiger partial charge in [0, 0.05) is 0 Å². The number of aliphatic hydroxyl groups is 1. The maximum absolute atomic E-state index is 10.9. The van der Waals surface area contributed by atoms with Gasteiger partial charge in [-0.05, 0) is 6.92 Å². The summed E-state index contributed by atoms with van der Waals surface area (Å²) in [6.07, 6.45) is -1.14. The van der Waals surface area contributed by atoms with E-state index >= 15 is 0 Å². The lowest BCUT2D eigenvalue weighted by molar-refractivity contribution is -0.177. The average molecular weight is 207 g/mol. The number of carboxylic acids is 3. The minimum atomic E-state index is -2.74. The second-order valence-electron chi connectivity index (χ2n) is 2.84. The minimum Gasteiger partial charge on any atom is -0.481 e. The van der Waals surface area contributed by atoms with E-state index in [1.807, 2.05) is 0 Å². The summed E-state index contributed by atoms with van der Waals surface area (Å²) in [6, 6.07) is 0. The van der Waals surface area contributed by atoms with E-state index in [9.17, 15) is 19.5 Å². The number of aliphatic carboxylic acids is 3. The molecule has 2 atom stereocenters. The molecular formula is C7H10O7. The van der Waals surface area contributed by atoms with Crippen LogP contribution in [0.2, 0.25) is 0 Å². The molecule has 7 heteroatoms. The summed E-state index contributed by atoms with van der Waals surface area (Å²) in [6.45, 7) is 0.947. The summed E-state index contributed by atoms with van der Waals surface area (Å²) in [7, 11) is 0. The van der Waals surface area contributed by atoms with Gasteiger partial charge in [-0.25, -0.2) is 4.79 Å². The molecular weight excluding hydrogens is 196 g/mol. The van der Waals surface area contributed by atoms with Crippen molar-refractivity contribution in [2.75, 3.05) is 0 Å². The van der Waals surface area contributed by atoms with Crippen molar-refractivity contribution in [1.82, 2.24) is 0 Å². The molecule has 0 aromatic heterocycles. The Hall–Kier alpha value is -1.63. The normalized spacial score (nSPS) is 17.4. The van der Waals surface area contributed by atoms with Gasteiger partial charge in [-0.2, -0.15) is 0 Å². The third kappa shape index (κ3) is 2.43. The fourth-order valence-electron chi connectivity index (χ4n) is 0.837. The van der Waals surface area contributed by atoms with Gasteiger partial charge in [0.25, 0.3) is 1.43 Å². The lowest BCUT2D eigenvalue weighted by Gasteiger charge is -2.25. The Labute approximate surface area is 80.1 Å². The molecule has 14 heavy (non-hydrogen) atoms. The van der Waals surface area contributed by atoms with Crippen molar-refractivity contribution in [3.05, 3.63) is 0 Å². The molecule has 80 valence electrons. The first-order chi connectivity index (χ1) is 6.75. The van der Waals surface area contributed by atoms with Crippen molar-refractivity contribution in [2.45, 2.75) is 18.9 Å². The van der Waals surface area contributed by atoms with E-state index in [0.29, 0.717) is 0 Å². The van der Waals surface area contributed by atoms with Gasteiger partial charge in [0.2, 0.25) is 0 Å². The largest absolute Gasteiger partial charge is 0.481 e. The first-order valence-corrected chi connectivity index (χ1v) is 3.60. The predicted molar refractivity (Wildman–Crippen MR) is 41.6 cm³/mol. The molecule has 0 rings (SSSR count). The van der Waals surface area contributed by atoms with Gasteiger partial charge in [0.15, 0.2) is 5.60 Å². The second kappa shape index (κ2) is 4.05. The van der Waals surface area contributed by atoms with E-state index < -0.39 is 35.8 Å². The zero-order valence-corrected chi connectivity index (χ0v) is 7.26. The van der Waals surface area contributed by atoms with Crippen LogP contribution in [0.15, 0.2) is 0 Å². The first-order valence-electron chi connectivity index (χ1n) is 4.01. The van der Waals surface area contributed by atoms with Gasteiger partial charge in [-0.1, -0.05) is 0 Å². The van der Waals surface area contributed by atoms with Crippen LogP contribution in [-0.2, 0) is 14.4 Å². The quantitative estimate of drug-likeness (QED) is 0.454. The number of carbonyl (C=O) groups is 3. The highest BCUT2D eigenvalue weighted by atomic mass is 16.4. The van der Waals surface area contributed by atoms with Crippen molar-refractivity contribution < 1.29 is 34.8 Å². The number of hydrogen-bond acceptors (Lipinski definition) is 5. The highest BCUT2D eigenvalue weighted by Crippen LogP contribution is 2.22. The van der Waals surface area contributed by atoms with Crippen molar-refractivity contribution in [3.8, 4) is 0 Å². The van der Waals surface area contributed by atoms with Crippen LogP contribution in [0.3, 0.4) is 0 Å². The lowest BCUT2D eigenvalue weighted by Crippen LogP contribution is -2.49. The average Bonchev–Trinajstić information content (AvgIpc) is 2.13. The highest BCUT2D eigenvalue weighted by molar-refractivity contribution is 5.89. The molecule has 2 unspecified atom stereocenters. The molecule has 0 saturated heterocycles. The van der Waals surface area contributed by atoms with E-state index in [1.165, 1.54) is 0 Å². The summed E-state index contributed by atoms with van der Waals surface area (Å²) < 4.78 is 6.25. The molecule has 0 fully saturated rings. The molecule has 7 nitrogen and oxygen atoms in total. The molecule has 0 aromatic rings. The molecule has 0 spiro atoms. The number of rotatable bonds is 5. The third-order valence-electron chi connectivity index (χ3n) is 1.86. The highest BCUT2D eigenvalue weighted by Gasteiger charge is 2.47. The van der Waals surface area contributed by atoms with E-state index in [4.69, 9.17) is 11.6 Å². The number of hydrogen-bond donors (Lipinski definition) is 4. The zero-order valence-electron chi connectivity index (χ0n) is 8.26. The summed E-state index contributed by atoms with van der Waals surface area (Å²) >= 11 is 0. The van der Waals surface area contributed by atoms with Gasteiger partial charge < -0.3 is 20.4 Å². The van der Waals surface area contributed by atoms with Crippen molar-refractivity contribution in [3.63, 3.8) is 0 Å². The summed E-state index contributed by atoms with van der Waals surface area (Å²) in [5.74, 6) is -6.44. The third-order valence-corrected chi connectivity index (χ3v) is 1.86. The van der Waals surface area contributed by atoms with Crippen LogP contribution in [-0.4, -0.2) is 43.9 Å². The van der Waals surface area contributed by atoms with Gasteiger partial charge in [-0.3, -0.25) is 9.59 Å². The molecule has 4 N–H and O–H groups in total. The van der Waals surface area contributed by atoms with Crippen LogP contribution in [0.4, 0.5) is 0 Å². The Balaban J connectivity index is 5.09. The summed E-state index contributed by atoms with van der Waals surface area (Å²) in [5, 5.41) is 29.9. The predicted octanol–water partition coefficient (Wildman–Crippen LogP) is -1.00. The standard InChI is InChI=1S/C7H10O7/c1-3(5(10)11)7(14,6(12)13)2-4(8)9/h3,14H,2H2,1H3,(H,8,9)(H,10,11)(H,12,13)/i/hD. The van der Waals surface area contributed by atoms with Gasteiger partial charge in [0.1, 0.15) is 0 Å². The Bertz CT molecular complexity index is 289. The SMILES string of the molecule is [2H]OC(=O)C(O)(CC(=O)O)C(C)C(=O)O. The van der Waals surface area contributed by atoms with E-state index in [1.54, 1.807) is 0 Å². The summed E-state index contributed by atoms with van der Waals surface area (Å²) in [5.41, 5.74) is -2.74. The van der Waals surface area contributed by atoms with Crippen LogP contribution >= 0.6 is 0 Å². The van der Waals surface area contributed by atoms with Crippen molar-refractivity contribution in [1.29, 1.82) is 1.43 Å². The maximum Gasteiger partial charge on any atom is 0.337 e. The van der Waals surface area contributed by atoms with E-state index in [2.05, 4.69) is 5.11 Å². The topological polar surface area (TPSA) is 132 Å². The minimum absolute atomic E-state index is 0.947. The molecule has 0 aliphatic heterocycles. The van der Waals surface area contributed by atoms with Crippen LogP contribution in [0, 0.1) is 5.92 Å². The van der Waals surface area contributed by atoms with Crippen LogP contribution < -0.4 is 0 Å². The van der Waals surface area contributed by atoms with Crippen molar-refractivity contribution >= 4 is 17.9 Å². The van der Waals surface area contributed by atoms with Crippen molar-refractivity contribution in [2.24, 2.45) is 5.92 Å². The Morgan fingerprint density at radius 1 is 1.43 bits per heavy atom. The Morgan fingerprint density at radius 3 is 2.21 bits per heavy atom. The monoisotopic (exact) mass is 207 g/mol. The molecule has 0 aliphatic rings. The van der Waals surface area contributed by atoms with E-state index in [0.717, 1.165) is 6.92 Å². The smallest absolute Gasteiger partial charge is 0.337 e. The molecule has 0 bridgehead atoms. The molecule has 0 heterocycles. The fourth-order valence-corrected chi connectivity index (χ4v) is 0.837.